The van der Waals surface area contributed by atoms with Crippen LogP contribution >= 0.6 is 0 Å². The van der Waals surface area contributed by atoms with E-state index in [4.69, 9.17) is 14.2 Å². The molecule has 0 aromatic carbocycles. The van der Waals surface area contributed by atoms with Gasteiger partial charge in [0, 0.05) is 26.5 Å². The molecule has 0 bridgehead atoms. The summed E-state index contributed by atoms with van der Waals surface area (Å²) < 4.78 is 17.0. The van der Waals surface area contributed by atoms with Crippen LogP contribution in [0.2, 0.25) is 0 Å². The third-order valence-electron chi connectivity index (χ3n) is 10.3. The van der Waals surface area contributed by atoms with Gasteiger partial charge in [0.2, 0.25) is 0 Å². The summed E-state index contributed by atoms with van der Waals surface area (Å²) in [6, 6.07) is 0. The van der Waals surface area contributed by atoms with Gasteiger partial charge in [-0.25, -0.2) is 0 Å². The average Bonchev–Trinajstić information content (AvgIpc) is 3.84. The van der Waals surface area contributed by atoms with Crippen molar-refractivity contribution in [1.82, 2.24) is 4.90 Å². The van der Waals surface area contributed by atoms with Crippen LogP contribution in [-0.4, -0.2) is 62.9 Å². The van der Waals surface area contributed by atoms with Crippen LogP contribution in [0.1, 0.15) is 201 Å². The summed E-state index contributed by atoms with van der Waals surface area (Å²) in [4.78, 5) is 27.5. The van der Waals surface area contributed by atoms with Crippen molar-refractivity contribution in [1.29, 1.82) is 0 Å². The molecule has 2 unspecified atom stereocenters. The lowest BCUT2D eigenvalue weighted by Gasteiger charge is -2.21. The largest absolute Gasteiger partial charge is 0.465 e. The summed E-state index contributed by atoms with van der Waals surface area (Å²) in [6.07, 6.45) is 32.8. The molecule has 2 atom stereocenters. The Hall–Kier alpha value is -1.14. The first kappa shape index (κ1) is 44.9. The van der Waals surface area contributed by atoms with E-state index in [0.29, 0.717) is 32.0 Å². The highest BCUT2D eigenvalue weighted by Crippen LogP contribution is 2.42. The van der Waals surface area contributed by atoms with Crippen LogP contribution in [0.4, 0.5) is 0 Å². The van der Waals surface area contributed by atoms with Gasteiger partial charge in [0.05, 0.1) is 13.2 Å². The molecular formula is C42H81NO5. The molecule has 6 heteroatoms. The van der Waals surface area contributed by atoms with Gasteiger partial charge in [0.15, 0.2) is 0 Å². The Balaban J connectivity index is 2.17. The maximum atomic E-state index is 12.7. The van der Waals surface area contributed by atoms with Gasteiger partial charge < -0.3 is 19.1 Å². The second kappa shape index (κ2) is 33.0. The molecule has 0 saturated heterocycles. The Bertz CT molecular complexity index is 715. The van der Waals surface area contributed by atoms with E-state index in [0.717, 1.165) is 70.5 Å². The normalized spacial score (nSPS) is 15.8. The molecule has 1 aliphatic rings. The number of esters is 2. The van der Waals surface area contributed by atoms with Gasteiger partial charge in [-0.1, -0.05) is 136 Å². The Labute approximate surface area is 298 Å². The van der Waals surface area contributed by atoms with Crippen LogP contribution in [-0.2, 0) is 23.8 Å². The lowest BCUT2D eigenvalue weighted by atomic mass is 10.0. The number of ether oxygens (including phenoxy) is 3. The molecule has 0 aromatic rings. The zero-order valence-electron chi connectivity index (χ0n) is 32.6. The lowest BCUT2D eigenvalue weighted by molar-refractivity contribution is -0.150. The maximum absolute atomic E-state index is 12.7. The number of methoxy groups -OCH3 is 1. The number of hydrogen-bond acceptors (Lipinski definition) is 6. The second-order valence-corrected chi connectivity index (χ2v) is 15.0. The summed E-state index contributed by atoms with van der Waals surface area (Å²) in [5.41, 5.74) is 0. The highest BCUT2D eigenvalue weighted by Gasteiger charge is 2.37. The summed E-state index contributed by atoms with van der Waals surface area (Å²) in [7, 11) is 1.75. The van der Waals surface area contributed by atoms with Crippen LogP contribution < -0.4 is 0 Å². The predicted octanol–water partition coefficient (Wildman–Crippen LogP) is 11.6. The molecule has 0 aromatic heterocycles. The van der Waals surface area contributed by atoms with E-state index in [2.05, 4.69) is 25.7 Å². The van der Waals surface area contributed by atoms with Gasteiger partial charge in [0.25, 0.3) is 0 Å². The molecule has 0 aliphatic heterocycles. The van der Waals surface area contributed by atoms with E-state index < -0.39 is 0 Å². The molecular weight excluding hydrogens is 598 g/mol. The first-order chi connectivity index (χ1) is 23.5. The molecule has 1 fully saturated rings. The topological polar surface area (TPSA) is 65.1 Å². The maximum Gasteiger partial charge on any atom is 0.306 e. The highest BCUT2D eigenvalue weighted by atomic mass is 16.5. The predicted molar refractivity (Wildman–Crippen MR) is 202 cm³/mol. The van der Waals surface area contributed by atoms with Crippen LogP contribution in [0.3, 0.4) is 0 Å². The minimum absolute atomic E-state index is 0.0144. The van der Waals surface area contributed by atoms with Gasteiger partial charge >= 0.3 is 11.9 Å². The number of nitrogens with zero attached hydrogens (tertiary/aromatic N) is 1. The first-order valence-corrected chi connectivity index (χ1v) is 21.1. The van der Waals surface area contributed by atoms with E-state index in [1.807, 2.05) is 0 Å². The smallest absolute Gasteiger partial charge is 0.306 e. The fourth-order valence-corrected chi connectivity index (χ4v) is 6.92. The summed E-state index contributed by atoms with van der Waals surface area (Å²) in [5.74, 6) is 1.38. The SMILES string of the molecule is CCCCCCCCC(CCCCCCCC)OC(=O)CCCCCCCN(CCCC(=O)OCC1CC1CCCCCC)CCOC. The van der Waals surface area contributed by atoms with Gasteiger partial charge in [-0.05, 0) is 76.3 Å². The van der Waals surface area contributed by atoms with E-state index >= 15 is 0 Å². The Morgan fingerprint density at radius 1 is 0.583 bits per heavy atom. The van der Waals surface area contributed by atoms with Crippen molar-refractivity contribution in [2.24, 2.45) is 11.8 Å². The third kappa shape index (κ3) is 27.7. The minimum atomic E-state index is -0.0343. The minimum Gasteiger partial charge on any atom is -0.465 e. The number of carbonyl (C=O) groups is 2. The van der Waals surface area contributed by atoms with Crippen LogP contribution in [0.25, 0.3) is 0 Å². The Morgan fingerprint density at radius 3 is 1.73 bits per heavy atom. The lowest BCUT2D eigenvalue weighted by Crippen LogP contribution is -2.30. The van der Waals surface area contributed by atoms with Crippen LogP contribution in [0.5, 0.6) is 0 Å². The van der Waals surface area contributed by atoms with E-state index in [-0.39, 0.29) is 18.0 Å². The first-order valence-electron chi connectivity index (χ1n) is 21.1. The fraction of sp³-hybridized carbons (Fsp3) is 0.952. The molecule has 1 aliphatic carbocycles. The zero-order valence-corrected chi connectivity index (χ0v) is 32.6. The van der Waals surface area contributed by atoms with Gasteiger partial charge in [-0.2, -0.15) is 0 Å². The number of unbranched alkanes of at least 4 members (excludes halogenated alkanes) is 17. The molecule has 284 valence electrons. The summed E-state index contributed by atoms with van der Waals surface area (Å²) in [5, 5.41) is 0. The highest BCUT2D eigenvalue weighted by molar-refractivity contribution is 5.69. The standard InChI is InChI=1S/C42H81NO5/c1-5-8-11-14-17-22-28-40(29-23-18-15-12-9-6-2)48-42(45)30-24-19-16-20-25-32-43(34-35-46-4)33-26-31-41(44)47-37-39-36-38(39)27-21-13-10-7-3/h38-40H,5-37H2,1-4H3. The van der Waals surface area contributed by atoms with Crippen molar-refractivity contribution >= 4 is 11.9 Å². The quantitative estimate of drug-likeness (QED) is 0.0481. The molecule has 6 nitrogen and oxygen atoms in total. The third-order valence-corrected chi connectivity index (χ3v) is 10.3. The number of carbonyl (C=O) groups excluding carboxylic acids is 2. The molecule has 0 heterocycles. The van der Waals surface area contributed by atoms with Crippen LogP contribution in [0.15, 0.2) is 0 Å². The van der Waals surface area contributed by atoms with E-state index in [1.54, 1.807) is 7.11 Å². The summed E-state index contributed by atoms with van der Waals surface area (Å²) in [6.45, 7) is 11.0. The second-order valence-electron chi connectivity index (χ2n) is 15.0. The molecule has 48 heavy (non-hydrogen) atoms. The zero-order chi connectivity index (χ0) is 34.9. The molecule has 0 N–H and O–H groups in total. The Kier molecular flexibility index (Phi) is 30.9. The van der Waals surface area contributed by atoms with E-state index in [9.17, 15) is 9.59 Å². The molecule has 0 spiro atoms. The Morgan fingerprint density at radius 2 is 1.10 bits per heavy atom. The molecule has 1 rings (SSSR count). The van der Waals surface area contributed by atoms with Crippen molar-refractivity contribution < 1.29 is 23.8 Å². The van der Waals surface area contributed by atoms with Crippen molar-refractivity contribution in [3.8, 4) is 0 Å². The molecule has 1 saturated carbocycles. The molecule has 0 amide bonds. The van der Waals surface area contributed by atoms with Crippen molar-refractivity contribution in [2.45, 2.75) is 207 Å². The molecule has 0 radical (unpaired) electrons. The average molecular weight is 680 g/mol. The van der Waals surface area contributed by atoms with Crippen molar-refractivity contribution in [3.63, 3.8) is 0 Å². The van der Waals surface area contributed by atoms with Crippen molar-refractivity contribution in [2.75, 3.05) is 40.0 Å². The monoisotopic (exact) mass is 680 g/mol. The van der Waals surface area contributed by atoms with E-state index in [1.165, 1.54) is 122 Å². The van der Waals surface area contributed by atoms with Gasteiger partial charge in [-0.15, -0.1) is 0 Å². The fourth-order valence-electron chi connectivity index (χ4n) is 6.92. The number of rotatable bonds is 37. The van der Waals surface area contributed by atoms with Crippen LogP contribution in [0, 0.1) is 11.8 Å². The van der Waals surface area contributed by atoms with Gasteiger partial charge in [0.1, 0.15) is 6.10 Å². The van der Waals surface area contributed by atoms with Crippen molar-refractivity contribution in [3.05, 3.63) is 0 Å². The summed E-state index contributed by atoms with van der Waals surface area (Å²) >= 11 is 0. The van der Waals surface area contributed by atoms with Gasteiger partial charge in [-0.3, -0.25) is 9.59 Å². The number of hydrogen-bond donors (Lipinski definition) is 0.